The molecule has 0 amide bonds. The maximum atomic E-state index is 5.80. The van der Waals surface area contributed by atoms with E-state index in [1.165, 1.54) is 50.1 Å². The van der Waals surface area contributed by atoms with Gasteiger partial charge in [-0.15, -0.1) is 0 Å². The number of rotatable bonds is 0. The van der Waals surface area contributed by atoms with Crippen molar-refractivity contribution in [2.45, 2.75) is 31.7 Å². The minimum atomic E-state index is 0.609. The van der Waals surface area contributed by atoms with E-state index in [1.54, 1.807) is 0 Å². The largest absolute Gasteiger partial charge is 0.492 e. The summed E-state index contributed by atoms with van der Waals surface area (Å²) in [5.41, 5.74) is 1.46. The molecule has 0 aliphatic carbocycles. The molecule has 14 heavy (non-hydrogen) atoms. The van der Waals surface area contributed by atoms with Gasteiger partial charge in [0.2, 0.25) is 0 Å². The first kappa shape index (κ1) is 8.54. The Morgan fingerprint density at radius 1 is 1.29 bits per heavy atom. The molecule has 2 heteroatoms. The molecule has 0 radical (unpaired) electrons. The lowest BCUT2D eigenvalue weighted by molar-refractivity contribution is 0.0894. The molecular weight excluding hydrogens is 174 g/mol. The SMILES string of the molecule is C1=CC2=C(OC1)C1CCCCN1CC2. The smallest absolute Gasteiger partial charge is 0.117 e. The fraction of sp³-hybridized carbons (Fsp3) is 0.667. The summed E-state index contributed by atoms with van der Waals surface area (Å²) in [6.45, 7) is 3.29. The summed E-state index contributed by atoms with van der Waals surface area (Å²) in [6.07, 6.45) is 9.62. The monoisotopic (exact) mass is 191 g/mol. The molecule has 0 aromatic carbocycles. The number of piperidine rings is 1. The van der Waals surface area contributed by atoms with Gasteiger partial charge in [0.25, 0.3) is 0 Å². The summed E-state index contributed by atoms with van der Waals surface area (Å²) in [7, 11) is 0. The Morgan fingerprint density at radius 2 is 2.29 bits per heavy atom. The molecule has 3 aliphatic heterocycles. The number of hydrogen-bond donors (Lipinski definition) is 0. The number of ether oxygens (including phenoxy) is 1. The van der Waals surface area contributed by atoms with Gasteiger partial charge in [-0.3, -0.25) is 4.90 Å². The Morgan fingerprint density at radius 3 is 3.29 bits per heavy atom. The van der Waals surface area contributed by atoms with Crippen LogP contribution in [0.1, 0.15) is 25.7 Å². The van der Waals surface area contributed by atoms with Gasteiger partial charge in [-0.2, -0.15) is 0 Å². The zero-order chi connectivity index (χ0) is 9.38. The Labute approximate surface area is 85.2 Å². The lowest BCUT2D eigenvalue weighted by Crippen LogP contribution is -2.45. The van der Waals surface area contributed by atoms with Gasteiger partial charge in [0.15, 0.2) is 0 Å². The van der Waals surface area contributed by atoms with Crippen LogP contribution in [0.2, 0.25) is 0 Å². The normalized spacial score (nSPS) is 32.1. The quantitative estimate of drug-likeness (QED) is 0.581. The Hall–Kier alpha value is -0.760. The van der Waals surface area contributed by atoms with Crippen molar-refractivity contribution in [3.05, 3.63) is 23.5 Å². The second-order valence-electron chi connectivity index (χ2n) is 4.40. The molecule has 1 atom stereocenters. The molecule has 76 valence electrons. The summed E-state index contributed by atoms with van der Waals surface area (Å²) >= 11 is 0. The van der Waals surface area contributed by atoms with Crippen LogP contribution >= 0.6 is 0 Å². The summed E-state index contributed by atoms with van der Waals surface area (Å²) in [6, 6.07) is 0.609. The fourth-order valence-electron chi connectivity index (χ4n) is 2.84. The first-order chi connectivity index (χ1) is 6.95. The average Bonchev–Trinajstić information content (AvgIpc) is 2.29. The van der Waals surface area contributed by atoms with E-state index in [9.17, 15) is 0 Å². The topological polar surface area (TPSA) is 12.5 Å². The van der Waals surface area contributed by atoms with Crippen LogP contribution in [0.25, 0.3) is 0 Å². The van der Waals surface area contributed by atoms with E-state index < -0.39 is 0 Å². The molecule has 0 N–H and O–H groups in total. The highest BCUT2D eigenvalue weighted by Gasteiger charge is 2.32. The number of fused-ring (bicyclic) bond motifs is 2. The van der Waals surface area contributed by atoms with Crippen LogP contribution in [-0.2, 0) is 4.74 Å². The van der Waals surface area contributed by atoms with Gasteiger partial charge in [-0.1, -0.05) is 12.5 Å². The molecule has 1 fully saturated rings. The van der Waals surface area contributed by atoms with Crippen LogP contribution in [0, 0.1) is 0 Å². The van der Waals surface area contributed by atoms with E-state index in [0.29, 0.717) is 6.04 Å². The maximum Gasteiger partial charge on any atom is 0.117 e. The van der Waals surface area contributed by atoms with Crippen LogP contribution < -0.4 is 0 Å². The molecule has 0 saturated carbocycles. The number of nitrogens with zero attached hydrogens (tertiary/aromatic N) is 1. The standard InChI is InChI=1S/C12H17NO/c1-2-7-13-8-6-10-4-3-9-14-12(10)11(13)5-1/h3-4,11H,1-2,5-9H2. The summed E-state index contributed by atoms with van der Waals surface area (Å²) in [5, 5.41) is 0. The highest BCUT2D eigenvalue weighted by Crippen LogP contribution is 2.33. The molecule has 1 unspecified atom stereocenters. The van der Waals surface area contributed by atoms with Crippen LogP contribution in [0.5, 0.6) is 0 Å². The lowest BCUT2D eigenvalue weighted by atomic mass is 9.91. The van der Waals surface area contributed by atoms with Crippen molar-refractivity contribution >= 4 is 0 Å². The van der Waals surface area contributed by atoms with Crippen molar-refractivity contribution in [3.63, 3.8) is 0 Å². The molecule has 2 nitrogen and oxygen atoms in total. The Balaban J connectivity index is 1.91. The molecule has 0 spiro atoms. The van der Waals surface area contributed by atoms with Crippen LogP contribution in [0.3, 0.4) is 0 Å². The van der Waals surface area contributed by atoms with Gasteiger partial charge < -0.3 is 4.74 Å². The summed E-state index contributed by atoms with van der Waals surface area (Å²) in [4.78, 5) is 2.60. The van der Waals surface area contributed by atoms with E-state index in [-0.39, 0.29) is 0 Å². The first-order valence-electron chi connectivity index (χ1n) is 5.71. The van der Waals surface area contributed by atoms with Crippen molar-refractivity contribution in [1.82, 2.24) is 4.90 Å². The fourth-order valence-corrected chi connectivity index (χ4v) is 2.84. The predicted octanol–water partition coefficient (Wildman–Crippen LogP) is 2.09. The van der Waals surface area contributed by atoms with E-state index in [2.05, 4.69) is 17.1 Å². The summed E-state index contributed by atoms with van der Waals surface area (Å²) in [5.74, 6) is 1.29. The molecule has 3 heterocycles. The molecule has 1 saturated heterocycles. The highest BCUT2D eigenvalue weighted by molar-refractivity contribution is 5.31. The summed E-state index contributed by atoms with van der Waals surface area (Å²) < 4.78 is 5.80. The van der Waals surface area contributed by atoms with E-state index in [4.69, 9.17) is 4.74 Å². The van der Waals surface area contributed by atoms with Crippen molar-refractivity contribution in [2.75, 3.05) is 19.7 Å². The third-order valence-electron chi connectivity index (χ3n) is 3.56. The highest BCUT2D eigenvalue weighted by atomic mass is 16.5. The number of hydrogen-bond acceptors (Lipinski definition) is 2. The Kier molecular flexibility index (Phi) is 2.09. The van der Waals surface area contributed by atoms with Crippen molar-refractivity contribution in [2.24, 2.45) is 0 Å². The minimum absolute atomic E-state index is 0.609. The van der Waals surface area contributed by atoms with E-state index >= 15 is 0 Å². The molecule has 0 aromatic rings. The third kappa shape index (κ3) is 1.29. The first-order valence-corrected chi connectivity index (χ1v) is 5.71. The third-order valence-corrected chi connectivity index (χ3v) is 3.56. The predicted molar refractivity (Wildman–Crippen MR) is 55.9 cm³/mol. The van der Waals surface area contributed by atoms with Gasteiger partial charge in [0.05, 0.1) is 6.04 Å². The zero-order valence-electron chi connectivity index (χ0n) is 8.54. The second-order valence-corrected chi connectivity index (χ2v) is 4.40. The minimum Gasteiger partial charge on any atom is -0.492 e. The van der Waals surface area contributed by atoms with E-state index in [1.807, 2.05) is 0 Å². The van der Waals surface area contributed by atoms with Crippen LogP contribution in [-0.4, -0.2) is 30.6 Å². The van der Waals surface area contributed by atoms with Crippen molar-refractivity contribution in [3.8, 4) is 0 Å². The van der Waals surface area contributed by atoms with Crippen molar-refractivity contribution < 1.29 is 4.74 Å². The molecule has 3 rings (SSSR count). The Bertz CT molecular complexity index is 293. The maximum absolute atomic E-state index is 5.80. The number of allylic oxidation sites excluding steroid dienone is 1. The van der Waals surface area contributed by atoms with Gasteiger partial charge in [-0.25, -0.2) is 0 Å². The molecule has 0 aromatic heterocycles. The molecular formula is C12H17NO. The average molecular weight is 191 g/mol. The second kappa shape index (κ2) is 3.43. The van der Waals surface area contributed by atoms with Gasteiger partial charge in [0, 0.05) is 6.54 Å². The lowest BCUT2D eigenvalue weighted by Gasteiger charge is -2.41. The van der Waals surface area contributed by atoms with Gasteiger partial charge in [0.1, 0.15) is 12.4 Å². The van der Waals surface area contributed by atoms with Gasteiger partial charge in [-0.05, 0) is 37.5 Å². The van der Waals surface area contributed by atoms with E-state index in [0.717, 1.165) is 6.61 Å². The van der Waals surface area contributed by atoms with Gasteiger partial charge >= 0.3 is 0 Å². The van der Waals surface area contributed by atoms with Crippen LogP contribution in [0.15, 0.2) is 23.5 Å². The van der Waals surface area contributed by atoms with Crippen LogP contribution in [0.4, 0.5) is 0 Å². The molecule has 3 aliphatic rings. The molecule has 0 bridgehead atoms. The van der Waals surface area contributed by atoms with Crippen molar-refractivity contribution in [1.29, 1.82) is 0 Å². The zero-order valence-corrected chi connectivity index (χ0v) is 8.54.